The fraction of sp³-hybridized carbons (Fsp3) is 0.474. The molecule has 30 heavy (non-hydrogen) atoms. The summed E-state index contributed by atoms with van der Waals surface area (Å²) in [6, 6.07) is 4.88. The number of carboxylic acid groups (broad SMARTS) is 2. The molecule has 0 spiro atoms. The molecule has 0 fully saturated rings. The molecule has 2 rings (SSSR count). The second-order valence-corrected chi connectivity index (χ2v) is 7.64. The third-order valence-corrected chi connectivity index (χ3v) is 5.08. The second-order valence-electron chi connectivity index (χ2n) is 7.20. The van der Waals surface area contributed by atoms with Gasteiger partial charge in [0.05, 0.1) is 34.1 Å². The van der Waals surface area contributed by atoms with Gasteiger partial charge in [0.1, 0.15) is 5.60 Å². The molecular formula is C19H21ClN2O8-2. The summed E-state index contributed by atoms with van der Waals surface area (Å²) >= 11 is 5.92. The summed E-state index contributed by atoms with van der Waals surface area (Å²) in [6.45, 7) is 0.482. The molecule has 0 unspecified atom stereocenters. The van der Waals surface area contributed by atoms with Crippen molar-refractivity contribution in [2.75, 3.05) is 0 Å². The first-order valence-electron chi connectivity index (χ1n) is 9.28. The molecule has 0 amide bonds. The molecule has 10 nitrogen and oxygen atoms in total. The summed E-state index contributed by atoms with van der Waals surface area (Å²) in [5, 5.41) is 53.4. The number of carbonyl (C=O) groups excluding carboxylic acids is 2. The number of halogens is 1. The van der Waals surface area contributed by atoms with Gasteiger partial charge in [0, 0.05) is 30.4 Å². The second kappa shape index (κ2) is 9.88. The number of hydrogen-bond acceptors (Lipinski definition) is 8. The van der Waals surface area contributed by atoms with Gasteiger partial charge >= 0.3 is 0 Å². The van der Waals surface area contributed by atoms with Gasteiger partial charge < -0.3 is 34.6 Å². The lowest BCUT2D eigenvalue weighted by Crippen LogP contribution is -2.53. The van der Waals surface area contributed by atoms with Gasteiger partial charge in [-0.3, -0.25) is 10.1 Å². The largest absolute Gasteiger partial charge is 0.550 e. The number of aryl methyl sites for hydroxylation is 1. The van der Waals surface area contributed by atoms with E-state index in [-0.39, 0.29) is 12.1 Å². The highest BCUT2D eigenvalue weighted by molar-refractivity contribution is 6.31. The first kappa shape index (κ1) is 23.6. The summed E-state index contributed by atoms with van der Waals surface area (Å²) in [6.07, 6.45) is 0.211. The van der Waals surface area contributed by atoms with Gasteiger partial charge in [0.15, 0.2) is 0 Å². The molecule has 0 bridgehead atoms. The zero-order valence-electron chi connectivity index (χ0n) is 16.0. The molecule has 2 N–H and O–H groups in total. The third-order valence-electron chi connectivity index (χ3n) is 4.85. The van der Waals surface area contributed by atoms with Crippen LogP contribution in [0.2, 0.25) is 5.02 Å². The fourth-order valence-electron chi connectivity index (χ4n) is 3.38. The maximum atomic E-state index is 11.2. The third kappa shape index (κ3) is 5.91. The van der Waals surface area contributed by atoms with E-state index in [1.807, 2.05) is 0 Å². The van der Waals surface area contributed by atoms with Gasteiger partial charge in [-0.05, 0) is 31.0 Å². The lowest BCUT2D eigenvalue weighted by atomic mass is 9.90. The Labute approximate surface area is 176 Å². The van der Waals surface area contributed by atoms with Crippen LogP contribution >= 0.6 is 11.6 Å². The number of aromatic nitrogens is 1. The highest BCUT2D eigenvalue weighted by atomic mass is 35.5. The van der Waals surface area contributed by atoms with Gasteiger partial charge in [-0.2, -0.15) is 0 Å². The van der Waals surface area contributed by atoms with Gasteiger partial charge in [0.2, 0.25) is 0 Å². The predicted molar refractivity (Wildman–Crippen MR) is 102 cm³/mol. The van der Waals surface area contributed by atoms with E-state index < -0.39 is 41.4 Å². The maximum absolute atomic E-state index is 11.2. The maximum Gasteiger partial charge on any atom is 0.294 e. The van der Waals surface area contributed by atoms with Crippen molar-refractivity contribution in [3.63, 3.8) is 0 Å². The average molecular weight is 441 g/mol. The molecule has 164 valence electrons. The van der Waals surface area contributed by atoms with Crippen molar-refractivity contribution in [3.05, 3.63) is 39.5 Å². The van der Waals surface area contributed by atoms with Gasteiger partial charge in [-0.15, -0.1) is 0 Å². The molecule has 1 heterocycles. The number of aliphatic hydroxyl groups is 2. The molecule has 11 heteroatoms. The Kier molecular flexibility index (Phi) is 7.77. The van der Waals surface area contributed by atoms with Crippen LogP contribution in [-0.4, -0.2) is 43.3 Å². The quantitative estimate of drug-likeness (QED) is 0.266. The van der Waals surface area contributed by atoms with Crippen molar-refractivity contribution >= 4 is 40.1 Å². The first-order chi connectivity index (χ1) is 14.0. The van der Waals surface area contributed by atoms with Crippen LogP contribution in [0.5, 0.6) is 0 Å². The van der Waals surface area contributed by atoms with Crippen LogP contribution in [0, 0.1) is 10.1 Å². The number of fused-ring (bicyclic) bond motifs is 1. The highest BCUT2D eigenvalue weighted by Crippen LogP contribution is 2.30. The van der Waals surface area contributed by atoms with Crippen LogP contribution < -0.4 is 10.2 Å². The summed E-state index contributed by atoms with van der Waals surface area (Å²) in [5.41, 5.74) is -2.06. The van der Waals surface area contributed by atoms with E-state index in [2.05, 4.69) is 0 Å². The number of benzene rings is 1. The van der Waals surface area contributed by atoms with E-state index in [1.54, 1.807) is 16.7 Å². The Morgan fingerprint density at radius 2 is 1.93 bits per heavy atom. The van der Waals surface area contributed by atoms with Crippen molar-refractivity contribution in [2.45, 2.75) is 56.8 Å². The topological polar surface area (TPSA) is 169 Å². The minimum Gasteiger partial charge on any atom is -0.550 e. The molecule has 1 aromatic heterocycles. The highest BCUT2D eigenvalue weighted by Gasteiger charge is 2.31. The number of nitro groups is 1. The molecule has 2 aromatic rings. The monoisotopic (exact) mass is 440 g/mol. The molecule has 2 atom stereocenters. The Bertz CT molecular complexity index is 944. The number of rotatable bonds is 12. The van der Waals surface area contributed by atoms with E-state index >= 15 is 0 Å². The lowest BCUT2D eigenvalue weighted by Gasteiger charge is -2.31. The van der Waals surface area contributed by atoms with Crippen molar-refractivity contribution in [1.29, 1.82) is 0 Å². The summed E-state index contributed by atoms with van der Waals surface area (Å²) in [7, 11) is 0. The molecule has 0 saturated carbocycles. The van der Waals surface area contributed by atoms with Crippen LogP contribution in [0.4, 0.5) is 5.69 Å². The number of carbonyl (C=O) groups is 2. The first-order valence-corrected chi connectivity index (χ1v) is 9.66. The molecule has 0 aliphatic heterocycles. The molecule has 0 radical (unpaired) electrons. The normalized spacial score (nSPS) is 14.4. The van der Waals surface area contributed by atoms with Gasteiger partial charge in [-0.1, -0.05) is 24.4 Å². The van der Waals surface area contributed by atoms with Gasteiger partial charge in [-0.25, -0.2) is 0 Å². The van der Waals surface area contributed by atoms with E-state index in [4.69, 9.17) is 11.6 Å². The Morgan fingerprint density at radius 3 is 2.53 bits per heavy atom. The average Bonchev–Trinajstić information content (AvgIpc) is 2.98. The molecule has 0 aliphatic carbocycles. The van der Waals surface area contributed by atoms with E-state index in [0.29, 0.717) is 41.7 Å². The molecule has 0 aliphatic rings. The van der Waals surface area contributed by atoms with Crippen LogP contribution in [0.3, 0.4) is 0 Å². The smallest absolute Gasteiger partial charge is 0.294 e. The number of unbranched alkanes of at least 4 members (excludes halogenated alkanes) is 2. The summed E-state index contributed by atoms with van der Waals surface area (Å²) in [4.78, 5) is 32.3. The van der Waals surface area contributed by atoms with Crippen molar-refractivity contribution < 1.29 is 34.9 Å². The van der Waals surface area contributed by atoms with Crippen molar-refractivity contribution in [3.8, 4) is 0 Å². The Hall–Kier alpha value is -2.69. The zero-order valence-corrected chi connectivity index (χ0v) is 16.7. The van der Waals surface area contributed by atoms with Crippen molar-refractivity contribution in [2.24, 2.45) is 0 Å². The predicted octanol–water partition coefficient (Wildman–Crippen LogP) is 0.135. The number of hydrogen-bond donors (Lipinski definition) is 2. The number of aliphatic carboxylic acids is 2. The Morgan fingerprint density at radius 1 is 1.23 bits per heavy atom. The zero-order chi connectivity index (χ0) is 22.5. The molecule has 0 saturated heterocycles. The number of nitrogens with zero attached hydrogens (tertiary/aromatic N) is 2. The SMILES string of the molecule is O=C([O-])C[C@](O)(C[C@@H](O)CCCCCn1cc([N+](=O)[O-])c2cc(Cl)ccc21)C(=O)[O-]. The number of carboxylic acids is 2. The van der Waals surface area contributed by atoms with Crippen LogP contribution in [0.15, 0.2) is 24.4 Å². The summed E-state index contributed by atoms with van der Waals surface area (Å²) in [5.74, 6) is -3.74. The molecule has 1 aromatic carbocycles. The summed E-state index contributed by atoms with van der Waals surface area (Å²) < 4.78 is 1.74. The minimum atomic E-state index is -2.69. The van der Waals surface area contributed by atoms with Crippen LogP contribution in [-0.2, 0) is 16.1 Å². The standard InChI is InChI=1S/C19H23ClN2O8/c20-12-5-6-15-14(8-12)16(22(29)30)11-21(15)7-3-1-2-4-13(23)9-19(28,18(26)27)10-17(24)25/h5-6,8,11,13,23,28H,1-4,7,9-10H2,(H,24,25)(H,26,27)/p-2/t13-,19+/m0/s1. The van der Waals surface area contributed by atoms with Gasteiger partial charge in [0.25, 0.3) is 5.69 Å². The van der Waals surface area contributed by atoms with E-state index in [0.717, 1.165) is 0 Å². The minimum absolute atomic E-state index is 0.0441. The fourth-order valence-corrected chi connectivity index (χ4v) is 3.55. The number of aliphatic hydroxyl groups excluding tert-OH is 1. The van der Waals surface area contributed by atoms with Crippen molar-refractivity contribution in [1.82, 2.24) is 4.57 Å². The van der Waals surface area contributed by atoms with Crippen LogP contribution in [0.25, 0.3) is 10.9 Å². The Balaban J connectivity index is 1.88. The van der Waals surface area contributed by atoms with E-state index in [1.165, 1.54) is 12.3 Å². The van der Waals surface area contributed by atoms with Crippen LogP contribution in [0.1, 0.15) is 38.5 Å². The van der Waals surface area contributed by atoms with E-state index in [9.17, 15) is 40.1 Å². The molecular weight excluding hydrogens is 420 g/mol. The lowest BCUT2D eigenvalue weighted by molar-refractivity contribution is -0.383.